The molecule has 3 rings (SSSR count). The van der Waals surface area contributed by atoms with Crippen molar-refractivity contribution in [1.82, 2.24) is 15.5 Å². The summed E-state index contributed by atoms with van der Waals surface area (Å²) in [5.41, 5.74) is 2.25. The predicted molar refractivity (Wildman–Crippen MR) is 90.3 cm³/mol. The van der Waals surface area contributed by atoms with Crippen LogP contribution in [-0.4, -0.2) is 21.4 Å². The molecule has 1 N–H and O–H groups in total. The monoisotopic (exact) mass is 343 g/mol. The van der Waals surface area contributed by atoms with Crippen molar-refractivity contribution in [3.63, 3.8) is 0 Å². The van der Waals surface area contributed by atoms with Gasteiger partial charge in [0.25, 0.3) is 11.1 Å². The Balaban J connectivity index is 1.53. The molecule has 0 aliphatic rings. The third-order valence-electron chi connectivity index (χ3n) is 3.37. The number of thioether (sulfide) groups is 1. The number of carbonyl (C=O) groups excluding carboxylic acids is 1. The standard InChI is InChI=1S/C17H17N3O3S/c1-11-5-7-13(8-6-11)10-18-15(21)12(2)24-17-20-19-16(23-17)14-4-3-9-22-14/h3-9,12H,10H2,1-2H3,(H,18,21)/t12-/m1/s1. The summed E-state index contributed by atoms with van der Waals surface area (Å²) in [5.74, 6) is 0.721. The van der Waals surface area contributed by atoms with E-state index in [4.69, 9.17) is 8.83 Å². The maximum absolute atomic E-state index is 12.2. The van der Waals surface area contributed by atoms with E-state index in [2.05, 4.69) is 15.5 Å². The number of amides is 1. The predicted octanol–water partition coefficient (Wildman–Crippen LogP) is 3.44. The van der Waals surface area contributed by atoms with Crippen molar-refractivity contribution < 1.29 is 13.6 Å². The first-order valence-electron chi connectivity index (χ1n) is 7.49. The lowest BCUT2D eigenvalue weighted by Gasteiger charge is -2.10. The van der Waals surface area contributed by atoms with E-state index in [0.29, 0.717) is 23.4 Å². The molecule has 2 aromatic heterocycles. The molecule has 0 unspecified atom stereocenters. The molecule has 0 saturated carbocycles. The highest BCUT2D eigenvalue weighted by Gasteiger charge is 2.19. The molecule has 1 amide bonds. The third-order valence-corrected chi connectivity index (χ3v) is 4.31. The Morgan fingerprint density at radius 1 is 1.25 bits per heavy atom. The van der Waals surface area contributed by atoms with Gasteiger partial charge in [0, 0.05) is 6.54 Å². The molecular weight excluding hydrogens is 326 g/mol. The van der Waals surface area contributed by atoms with Gasteiger partial charge in [-0.25, -0.2) is 0 Å². The van der Waals surface area contributed by atoms with Gasteiger partial charge in [-0.3, -0.25) is 4.79 Å². The number of rotatable bonds is 6. The van der Waals surface area contributed by atoms with E-state index < -0.39 is 0 Å². The van der Waals surface area contributed by atoms with Gasteiger partial charge in [0.05, 0.1) is 11.5 Å². The molecule has 6 nitrogen and oxygen atoms in total. The average Bonchev–Trinajstić information content (AvgIpc) is 3.25. The van der Waals surface area contributed by atoms with Crippen LogP contribution in [0.3, 0.4) is 0 Å². The Morgan fingerprint density at radius 2 is 2.04 bits per heavy atom. The van der Waals surface area contributed by atoms with Crippen molar-refractivity contribution in [2.75, 3.05) is 0 Å². The van der Waals surface area contributed by atoms with E-state index in [0.717, 1.165) is 5.56 Å². The molecule has 24 heavy (non-hydrogen) atoms. The summed E-state index contributed by atoms with van der Waals surface area (Å²) in [6, 6.07) is 11.5. The van der Waals surface area contributed by atoms with Gasteiger partial charge in [-0.15, -0.1) is 10.2 Å². The van der Waals surface area contributed by atoms with Gasteiger partial charge in [-0.2, -0.15) is 0 Å². The van der Waals surface area contributed by atoms with Crippen LogP contribution in [0.25, 0.3) is 11.7 Å². The quantitative estimate of drug-likeness (QED) is 0.691. The Bertz CT molecular complexity index is 797. The smallest absolute Gasteiger partial charge is 0.284 e. The van der Waals surface area contributed by atoms with Gasteiger partial charge in [-0.05, 0) is 31.5 Å². The summed E-state index contributed by atoms with van der Waals surface area (Å²) in [4.78, 5) is 12.2. The lowest BCUT2D eigenvalue weighted by molar-refractivity contribution is -0.120. The second-order valence-electron chi connectivity index (χ2n) is 5.31. The minimum atomic E-state index is -0.347. The molecule has 7 heteroatoms. The number of aromatic nitrogens is 2. The molecule has 0 fully saturated rings. The Morgan fingerprint density at radius 3 is 2.75 bits per heavy atom. The van der Waals surface area contributed by atoms with Crippen LogP contribution in [0.5, 0.6) is 0 Å². The maximum atomic E-state index is 12.2. The van der Waals surface area contributed by atoms with Crippen molar-refractivity contribution in [2.45, 2.75) is 30.9 Å². The number of aryl methyl sites for hydroxylation is 1. The lowest BCUT2D eigenvalue weighted by Crippen LogP contribution is -2.30. The van der Waals surface area contributed by atoms with E-state index >= 15 is 0 Å². The Kier molecular flexibility index (Phi) is 5.00. The van der Waals surface area contributed by atoms with E-state index in [1.807, 2.05) is 31.2 Å². The summed E-state index contributed by atoms with van der Waals surface area (Å²) >= 11 is 1.21. The van der Waals surface area contributed by atoms with Crippen LogP contribution in [0.4, 0.5) is 0 Å². The van der Waals surface area contributed by atoms with Crippen LogP contribution < -0.4 is 5.32 Å². The molecular formula is C17H17N3O3S. The van der Waals surface area contributed by atoms with Crippen LogP contribution in [0.2, 0.25) is 0 Å². The minimum Gasteiger partial charge on any atom is -0.459 e. The first-order chi connectivity index (χ1) is 11.6. The molecule has 0 bridgehead atoms. The molecule has 3 aromatic rings. The second kappa shape index (κ2) is 7.35. The fraction of sp³-hybridized carbons (Fsp3) is 0.235. The molecule has 124 valence electrons. The van der Waals surface area contributed by atoms with Crippen molar-refractivity contribution in [2.24, 2.45) is 0 Å². The van der Waals surface area contributed by atoms with Crippen LogP contribution >= 0.6 is 11.8 Å². The summed E-state index contributed by atoms with van der Waals surface area (Å²) in [7, 11) is 0. The van der Waals surface area contributed by atoms with Crippen LogP contribution in [0.15, 0.2) is 56.7 Å². The van der Waals surface area contributed by atoms with Gasteiger partial charge in [-0.1, -0.05) is 41.6 Å². The lowest BCUT2D eigenvalue weighted by atomic mass is 10.1. The van der Waals surface area contributed by atoms with Crippen molar-refractivity contribution >= 4 is 17.7 Å². The SMILES string of the molecule is Cc1ccc(CNC(=O)[C@@H](C)Sc2nnc(-c3ccco3)o2)cc1. The fourth-order valence-electron chi connectivity index (χ4n) is 2.00. The normalized spacial score (nSPS) is 12.1. The first kappa shape index (κ1) is 16.3. The molecule has 1 atom stereocenters. The largest absolute Gasteiger partial charge is 0.459 e. The topological polar surface area (TPSA) is 81.2 Å². The second-order valence-corrected chi connectivity index (χ2v) is 6.61. The zero-order valence-corrected chi connectivity index (χ0v) is 14.2. The fourth-order valence-corrected chi connectivity index (χ4v) is 2.71. The highest BCUT2D eigenvalue weighted by molar-refractivity contribution is 8.00. The number of furan rings is 1. The number of nitrogens with one attached hydrogen (secondary N) is 1. The van der Waals surface area contributed by atoms with Gasteiger partial charge in [0.2, 0.25) is 5.91 Å². The zero-order valence-electron chi connectivity index (χ0n) is 13.4. The maximum Gasteiger partial charge on any atom is 0.284 e. The number of carbonyl (C=O) groups is 1. The highest BCUT2D eigenvalue weighted by atomic mass is 32.2. The molecule has 0 aliphatic carbocycles. The van der Waals surface area contributed by atoms with Gasteiger partial charge >= 0.3 is 0 Å². The molecule has 1 aromatic carbocycles. The minimum absolute atomic E-state index is 0.0849. The molecule has 2 heterocycles. The number of nitrogens with zero attached hydrogens (tertiary/aromatic N) is 2. The highest BCUT2D eigenvalue weighted by Crippen LogP contribution is 2.26. The van der Waals surface area contributed by atoms with Crippen molar-refractivity contribution in [3.8, 4) is 11.7 Å². The van der Waals surface area contributed by atoms with Crippen LogP contribution in [0, 0.1) is 6.92 Å². The van der Waals surface area contributed by atoms with Crippen molar-refractivity contribution in [3.05, 3.63) is 53.8 Å². The molecule has 0 saturated heterocycles. The van der Waals surface area contributed by atoms with Gasteiger partial charge < -0.3 is 14.2 Å². The number of hydrogen-bond donors (Lipinski definition) is 1. The zero-order chi connectivity index (χ0) is 16.9. The van der Waals surface area contributed by atoms with Gasteiger partial charge in [0.1, 0.15) is 0 Å². The summed E-state index contributed by atoms with van der Waals surface area (Å²) in [6.45, 7) is 4.32. The van der Waals surface area contributed by atoms with Crippen molar-refractivity contribution in [1.29, 1.82) is 0 Å². The van der Waals surface area contributed by atoms with Gasteiger partial charge in [0.15, 0.2) is 5.76 Å². The summed E-state index contributed by atoms with van der Waals surface area (Å²) < 4.78 is 10.7. The van der Waals surface area contributed by atoms with Crippen LogP contribution in [0.1, 0.15) is 18.1 Å². The third kappa shape index (κ3) is 4.05. The van der Waals surface area contributed by atoms with E-state index in [9.17, 15) is 4.79 Å². The van der Waals surface area contributed by atoms with E-state index in [1.165, 1.54) is 23.6 Å². The molecule has 0 aliphatic heterocycles. The van der Waals surface area contributed by atoms with E-state index in [1.54, 1.807) is 19.1 Å². The number of hydrogen-bond acceptors (Lipinski definition) is 6. The Labute approximate surface area is 143 Å². The average molecular weight is 343 g/mol. The molecule has 0 radical (unpaired) electrons. The Hall–Kier alpha value is -2.54. The molecule has 0 spiro atoms. The van der Waals surface area contributed by atoms with E-state index in [-0.39, 0.29) is 11.2 Å². The number of benzene rings is 1. The summed E-state index contributed by atoms with van der Waals surface area (Å²) in [6.07, 6.45) is 1.54. The first-order valence-corrected chi connectivity index (χ1v) is 8.37. The summed E-state index contributed by atoms with van der Waals surface area (Å²) in [5, 5.41) is 10.7. The van der Waals surface area contributed by atoms with Crippen LogP contribution in [-0.2, 0) is 11.3 Å².